The number of anilines is 1. The van der Waals surface area contributed by atoms with Gasteiger partial charge in [-0.2, -0.15) is 0 Å². The zero-order chi connectivity index (χ0) is 20.3. The molecule has 3 rings (SSSR count). The first-order valence-electron chi connectivity index (χ1n) is 9.59. The van der Waals surface area contributed by atoms with Gasteiger partial charge in [0.25, 0.3) is 0 Å². The molecule has 1 spiro atoms. The monoisotopic (exact) mass is 423 g/mol. The van der Waals surface area contributed by atoms with Crippen molar-refractivity contribution in [2.75, 3.05) is 38.3 Å². The molecular formula is C21H27Cl2N3O2. The predicted molar refractivity (Wildman–Crippen MR) is 115 cm³/mol. The van der Waals surface area contributed by atoms with Crippen molar-refractivity contribution >= 4 is 41.0 Å². The van der Waals surface area contributed by atoms with Gasteiger partial charge < -0.3 is 14.5 Å². The van der Waals surface area contributed by atoms with Gasteiger partial charge in [0.15, 0.2) is 0 Å². The first kappa shape index (κ1) is 21.2. The van der Waals surface area contributed by atoms with E-state index in [1.165, 1.54) is 0 Å². The molecule has 0 radical (unpaired) electrons. The number of carbonyl (C=O) groups is 1. The van der Waals surface area contributed by atoms with Gasteiger partial charge in [-0.3, -0.25) is 4.79 Å². The zero-order valence-electron chi connectivity index (χ0n) is 16.7. The summed E-state index contributed by atoms with van der Waals surface area (Å²) in [5, 5.41) is 0.985. The van der Waals surface area contributed by atoms with Crippen molar-refractivity contribution in [1.29, 1.82) is 0 Å². The molecule has 1 aromatic rings. The second kappa shape index (κ2) is 8.85. The minimum absolute atomic E-state index is 0.306. The highest BCUT2D eigenvalue weighted by atomic mass is 35.5. The molecule has 152 valence electrons. The molecule has 2 saturated heterocycles. The van der Waals surface area contributed by atoms with Crippen molar-refractivity contribution in [2.24, 2.45) is 10.4 Å². The third-order valence-corrected chi connectivity index (χ3v) is 6.69. The van der Waals surface area contributed by atoms with Crippen molar-refractivity contribution in [3.8, 4) is 0 Å². The van der Waals surface area contributed by atoms with E-state index in [4.69, 9.17) is 32.9 Å². The smallest absolute Gasteiger partial charge is 0.149 e. The number of likely N-dealkylation sites (tertiary alicyclic amines) is 1. The number of benzene rings is 1. The topological polar surface area (TPSA) is 45.1 Å². The Hall–Kier alpha value is -1.56. The van der Waals surface area contributed by atoms with Crippen LogP contribution >= 0.6 is 23.2 Å². The largest absolute Gasteiger partial charge is 0.381 e. The number of allylic oxidation sites excluding steroid dienone is 1. The standard InChI is InChI=1S/C21H27Cl2N3O2/c1-15(13-27)20(26-10-7-21(8-11-26)9-12-28-14-21)24-16(2)25(3)18-6-4-5-17(22)19(18)23/h4-6,13H,7-12,14H2,1-3H3/b20-15+,24-16?. The van der Waals surface area contributed by atoms with Crippen molar-refractivity contribution in [2.45, 2.75) is 33.1 Å². The van der Waals surface area contributed by atoms with Gasteiger partial charge in [-0.1, -0.05) is 29.3 Å². The number of ether oxygens (including phenoxy) is 1. The molecule has 0 aliphatic carbocycles. The average molecular weight is 424 g/mol. The Balaban J connectivity index is 1.82. The van der Waals surface area contributed by atoms with Crippen LogP contribution < -0.4 is 4.90 Å². The van der Waals surface area contributed by atoms with Crippen LogP contribution in [0.1, 0.15) is 33.1 Å². The number of rotatable bonds is 4. The van der Waals surface area contributed by atoms with E-state index in [0.717, 1.165) is 69.2 Å². The number of piperidine rings is 1. The number of aliphatic imine (C=N–C) groups is 1. The Morgan fingerprint density at radius 1 is 1.25 bits per heavy atom. The van der Waals surface area contributed by atoms with Crippen LogP contribution in [-0.2, 0) is 9.53 Å². The van der Waals surface area contributed by atoms with E-state index in [-0.39, 0.29) is 0 Å². The minimum atomic E-state index is 0.306. The molecule has 0 bridgehead atoms. The Morgan fingerprint density at radius 3 is 2.57 bits per heavy atom. The molecule has 0 atom stereocenters. The fraction of sp³-hybridized carbons (Fsp3) is 0.524. The van der Waals surface area contributed by atoms with Crippen LogP contribution in [0.15, 0.2) is 34.6 Å². The summed E-state index contributed by atoms with van der Waals surface area (Å²) >= 11 is 12.5. The first-order chi connectivity index (χ1) is 13.4. The number of hydrogen-bond acceptors (Lipinski definition) is 4. The van der Waals surface area contributed by atoms with Crippen LogP contribution in [0.3, 0.4) is 0 Å². The average Bonchev–Trinajstić information content (AvgIpc) is 3.15. The summed E-state index contributed by atoms with van der Waals surface area (Å²) < 4.78 is 5.62. The number of aldehydes is 1. The van der Waals surface area contributed by atoms with E-state index in [2.05, 4.69) is 4.90 Å². The van der Waals surface area contributed by atoms with E-state index >= 15 is 0 Å². The van der Waals surface area contributed by atoms with Crippen molar-refractivity contribution in [3.05, 3.63) is 39.6 Å². The van der Waals surface area contributed by atoms with Gasteiger partial charge >= 0.3 is 0 Å². The SMILES string of the molecule is CC(=N/C(=C(/C)C=O)N1CCC2(CCOC2)CC1)N(C)c1cccc(Cl)c1Cl. The fourth-order valence-corrected chi connectivity index (χ4v) is 4.27. The second-order valence-electron chi connectivity index (χ2n) is 7.71. The van der Waals surface area contributed by atoms with E-state index in [1.807, 2.05) is 37.9 Å². The highest BCUT2D eigenvalue weighted by Gasteiger charge is 2.38. The number of amidine groups is 1. The molecule has 2 fully saturated rings. The molecule has 2 heterocycles. The Labute approximate surface area is 177 Å². The maximum atomic E-state index is 11.5. The Morgan fingerprint density at radius 2 is 1.96 bits per heavy atom. The predicted octanol–water partition coefficient (Wildman–Crippen LogP) is 4.78. The molecular weight excluding hydrogens is 397 g/mol. The van der Waals surface area contributed by atoms with E-state index < -0.39 is 0 Å². The second-order valence-corrected chi connectivity index (χ2v) is 8.49. The highest BCUT2D eigenvalue weighted by Crippen LogP contribution is 2.40. The van der Waals surface area contributed by atoms with Gasteiger partial charge in [0.1, 0.15) is 17.9 Å². The summed E-state index contributed by atoms with van der Waals surface area (Å²) in [6, 6.07) is 5.51. The lowest BCUT2D eigenvalue weighted by molar-refractivity contribution is -0.105. The molecule has 7 heteroatoms. The van der Waals surface area contributed by atoms with Gasteiger partial charge in [0.2, 0.25) is 0 Å². The molecule has 0 aromatic heterocycles. The maximum Gasteiger partial charge on any atom is 0.149 e. The Kier molecular flexibility index (Phi) is 6.69. The van der Waals surface area contributed by atoms with Gasteiger partial charge in [-0.15, -0.1) is 0 Å². The van der Waals surface area contributed by atoms with Gasteiger partial charge in [-0.05, 0) is 50.7 Å². The normalized spacial score (nSPS) is 20.3. The van der Waals surface area contributed by atoms with Gasteiger partial charge in [0, 0.05) is 32.3 Å². The van der Waals surface area contributed by atoms with Gasteiger partial charge in [0.05, 0.1) is 22.3 Å². The van der Waals surface area contributed by atoms with Crippen LogP contribution in [0.4, 0.5) is 5.69 Å². The zero-order valence-corrected chi connectivity index (χ0v) is 18.2. The molecule has 2 aliphatic rings. The van der Waals surface area contributed by atoms with Crippen LogP contribution in [0, 0.1) is 5.41 Å². The van der Waals surface area contributed by atoms with Crippen LogP contribution in [0.5, 0.6) is 0 Å². The third kappa shape index (κ3) is 4.37. The summed E-state index contributed by atoms with van der Waals surface area (Å²) in [5.41, 5.74) is 1.71. The first-order valence-corrected chi connectivity index (χ1v) is 10.3. The summed E-state index contributed by atoms with van der Waals surface area (Å²) in [7, 11) is 1.89. The fourth-order valence-electron chi connectivity index (χ4n) is 3.85. The molecule has 28 heavy (non-hydrogen) atoms. The quantitative estimate of drug-likeness (QED) is 0.302. The molecule has 2 aliphatic heterocycles. The molecule has 0 amide bonds. The van der Waals surface area contributed by atoms with Crippen LogP contribution in [0.2, 0.25) is 10.0 Å². The molecule has 1 aromatic carbocycles. The highest BCUT2D eigenvalue weighted by molar-refractivity contribution is 6.44. The number of carbonyl (C=O) groups excluding carboxylic acids is 1. The van der Waals surface area contributed by atoms with Crippen LogP contribution in [-0.4, -0.2) is 50.4 Å². The van der Waals surface area contributed by atoms with E-state index in [0.29, 0.717) is 21.0 Å². The lowest BCUT2D eigenvalue weighted by atomic mass is 9.78. The number of hydrogen-bond donors (Lipinski definition) is 0. The summed E-state index contributed by atoms with van der Waals surface area (Å²) in [4.78, 5) is 20.5. The lowest BCUT2D eigenvalue weighted by Crippen LogP contribution is -2.40. The van der Waals surface area contributed by atoms with Crippen molar-refractivity contribution < 1.29 is 9.53 Å². The number of nitrogens with zero attached hydrogens (tertiary/aromatic N) is 3. The number of halogens is 2. The lowest BCUT2D eigenvalue weighted by Gasteiger charge is -2.39. The van der Waals surface area contributed by atoms with Crippen molar-refractivity contribution in [3.63, 3.8) is 0 Å². The molecule has 0 saturated carbocycles. The van der Waals surface area contributed by atoms with E-state index in [1.54, 1.807) is 6.07 Å². The summed E-state index contributed by atoms with van der Waals surface area (Å²) in [5.74, 6) is 1.47. The molecule has 0 unspecified atom stereocenters. The summed E-state index contributed by atoms with van der Waals surface area (Å²) in [6.45, 7) is 7.19. The van der Waals surface area contributed by atoms with Crippen molar-refractivity contribution in [1.82, 2.24) is 4.90 Å². The Bertz CT molecular complexity index is 791. The summed E-state index contributed by atoms with van der Waals surface area (Å²) in [6.07, 6.45) is 4.13. The minimum Gasteiger partial charge on any atom is -0.381 e. The molecule has 5 nitrogen and oxygen atoms in total. The van der Waals surface area contributed by atoms with E-state index in [9.17, 15) is 4.79 Å². The van der Waals surface area contributed by atoms with Crippen LogP contribution in [0.25, 0.3) is 0 Å². The molecule has 0 N–H and O–H groups in total. The maximum absolute atomic E-state index is 11.5. The third-order valence-electron chi connectivity index (χ3n) is 5.88. The van der Waals surface area contributed by atoms with Gasteiger partial charge in [-0.25, -0.2) is 4.99 Å².